The summed E-state index contributed by atoms with van der Waals surface area (Å²) in [6.07, 6.45) is -1.43. The van der Waals surface area contributed by atoms with Gasteiger partial charge in [0.05, 0.1) is 0 Å². The number of nitrogens with zero attached hydrogens (tertiary/aromatic N) is 4. The van der Waals surface area contributed by atoms with Gasteiger partial charge in [-0.2, -0.15) is 0 Å². The van der Waals surface area contributed by atoms with Crippen molar-refractivity contribution in [2.45, 2.75) is 40.0 Å². The number of carbonyl (C=O) groups excluding carboxylic acids is 2. The predicted octanol–water partition coefficient (Wildman–Crippen LogP) is 0.986. The molecule has 34 heavy (non-hydrogen) atoms. The van der Waals surface area contributed by atoms with Crippen LogP contribution in [0.4, 0.5) is 9.59 Å². The van der Waals surface area contributed by atoms with Gasteiger partial charge in [0.2, 0.25) is 0 Å². The molecule has 198 valence electrons. The first-order chi connectivity index (χ1) is 16.6. The number of urea groups is 2. The molecule has 0 aliphatic carbocycles. The van der Waals surface area contributed by atoms with Crippen molar-refractivity contribution in [1.82, 2.24) is 19.6 Å². The van der Waals surface area contributed by atoms with Crippen LogP contribution in [0.3, 0.4) is 0 Å². The summed E-state index contributed by atoms with van der Waals surface area (Å²) in [5.74, 6) is 0. The minimum atomic E-state index is -0.713. The van der Waals surface area contributed by atoms with E-state index in [2.05, 4.69) is 0 Å². The number of rotatable bonds is 20. The van der Waals surface area contributed by atoms with Gasteiger partial charge in [-0.1, -0.05) is 0 Å². The van der Waals surface area contributed by atoms with Crippen molar-refractivity contribution in [3.8, 4) is 0 Å². The molecule has 0 saturated carbocycles. The van der Waals surface area contributed by atoms with Crippen LogP contribution in [0.1, 0.15) is 27.7 Å². The van der Waals surface area contributed by atoms with Crippen LogP contribution < -0.4 is 0 Å². The predicted molar refractivity (Wildman–Crippen MR) is 116 cm³/mol. The van der Waals surface area contributed by atoms with Gasteiger partial charge in [0, 0.05) is 26.4 Å². The lowest BCUT2D eigenvalue weighted by atomic mass is 10.3. The average molecular weight is 495 g/mol. The molecule has 0 aromatic carbocycles. The molecule has 4 amide bonds. The van der Waals surface area contributed by atoms with E-state index >= 15 is 0 Å². The highest BCUT2D eigenvalue weighted by molar-refractivity contribution is 5.85. The standard InChI is InChI=1S/C20H38N4O10/c1-5-27-13-31-9-21-17-18(23(19(21)25)11-33-15-29-7-3)24(12-34-16-30-8-4)20(26)22(17)10-32-14-28-6-2/h17-18H,5-16H2,1-4H3. The summed E-state index contributed by atoms with van der Waals surface area (Å²) in [6.45, 7) is 8.90. The second-order valence-electron chi connectivity index (χ2n) is 7.05. The van der Waals surface area contributed by atoms with E-state index in [9.17, 15) is 9.59 Å². The zero-order valence-corrected chi connectivity index (χ0v) is 20.5. The molecular weight excluding hydrogens is 456 g/mol. The van der Waals surface area contributed by atoms with Crippen molar-refractivity contribution in [1.29, 1.82) is 0 Å². The first kappa shape index (κ1) is 28.5. The summed E-state index contributed by atoms with van der Waals surface area (Å²) in [6, 6.07) is -0.750. The first-order valence-electron chi connectivity index (χ1n) is 11.4. The Labute approximate surface area is 200 Å². The normalized spacial score (nSPS) is 20.2. The van der Waals surface area contributed by atoms with Crippen LogP contribution in [-0.4, -0.2) is 125 Å². The van der Waals surface area contributed by atoms with Crippen molar-refractivity contribution < 1.29 is 47.5 Å². The lowest BCUT2D eigenvalue weighted by Crippen LogP contribution is -2.48. The fourth-order valence-electron chi connectivity index (χ4n) is 3.40. The number of hydrogen-bond acceptors (Lipinski definition) is 10. The van der Waals surface area contributed by atoms with E-state index in [-0.39, 0.29) is 66.2 Å². The lowest BCUT2D eigenvalue weighted by Gasteiger charge is -2.29. The van der Waals surface area contributed by atoms with Gasteiger partial charge in [0.15, 0.2) is 12.3 Å². The van der Waals surface area contributed by atoms with Crippen LogP contribution >= 0.6 is 0 Å². The molecule has 0 aromatic heterocycles. The summed E-state index contributed by atoms with van der Waals surface area (Å²) in [5.41, 5.74) is 0. The molecule has 0 radical (unpaired) electrons. The average Bonchev–Trinajstić information content (AvgIpc) is 3.25. The van der Waals surface area contributed by atoms with Crippen LogP contribution in [0.15, 0.2) is 0 Å². The Morgan fingerprint density at radius 3 is 0.912 bits per heavy atom. The van der Waals surface area contributed by atoms with E-state index < -0.39 is 12.3 Å². The van der Waals surface area contributed by atoms with Gasteiger partial charge in [-0.3, -0.25) is 19.6 Å². The highest BCUT2D eigenvalue weighted by Crippen LogP contribution is 2.35. The number of fused-ring (bicyclic) bond motifs is 1. The van der Waals surface area contributed by atoms with Gasteiger partial charge in [0.1, 0.15) is 54.1 Å². The minimum Gasteiger partial charge on any atom is -0.356 e. The summed E-state index contributed by atoms with van der Waals surface area (Å²) in [5, 5.41) is 0. The van der Waals surface area contributed by atoms with Crippen LogP contribution in [0.5, 0.6) is 0 Å². The van der Waals surface area contributed by atoms with Gasteiger partial charge in [-0.15, -0.1) is 0 Å². The molecule has 2 fully saturated rings. The second kappa shape index (κ2) is 16.0. The molecule has 14 nitrogen and oxygen atoms in total. The molecule has 0 aromatic rings. The van der Waals surface area contributed by atoms with Gasteiger partial charge in [-0.05, 0) is 27.7 Å². The van der Waals surface area contributed by atoms with Gasteiger partial charge < -0.3 is 37.9 Å². The Bertz CT molecular complexity index is 508. The van der Waals surface area contributed by atoms with Crippen LogP contribution in [-0.2, 0) is 37.9 Å². The van der Waals surface area contributed by atoms with Gasteiger partial charge >= 0.3 is 12.1 Å². The molecule has 0 unspecified atom stereocenters. The molecule has 0 N–H and O–H groups in total. The zero-order valence-electron chi connectivity index (χ0n) is 20.5. The Balaban J connectivity index is 2.21. The SMILES string of the molecule is CCOCOCN1C(=O)N(COCOCC)C2C1N(COCOCC)C(=O)N2COCOCC. The van der Waals surface area contributed by atoms with Gasteiger partial charge in [-0.25, -0.2) is 9.59 Å². The lowest BCUT2D eigenvalue weighted by molar-refractivity contribution is -0.114. The quantitative estimate of drug-likeness (QED) is 0.179. The van der Waals surface area contributed by atoms with Crippen molar-refractivity contribution in [2.75, 3.05) is 80.5 Å². The topological polar surface area (TPSA) is 121 Å². The van der Waals surface area contributed by atoms with E-state index in [1.165, 1.54) is 19.6 Å². The number of ether oxygens (including phenoxy) is 8. The Morgan fingerprint density at radius 1 is 0.471 bits per heavy atom. The smallest absolute Gasteiger partial charge is 0.327 e. The highest BCUT2D eigenvalue weighted by atomic mass is 16.7. The largest absolute Gasteiger partial charge is 0.356 e. The summed E-state index contributed by atoms with van der Waals surface area (Å²) < 4.78 is 42.9. The van der Waals surface area contributed by atoms with E-state index in [0.29, 0.717) is 26.4 Å². The van der Waals surface area contributed by atoms with E-state index in [1.54, 1.807) is 0 Å². The third kappa shape index (κ3) is 7.61. The third-order valence-electron chi connectivity index (χ3n) is 4.93. The molecular formula is C20H38N4O10. The number of amides is 4. The summed E-state index contributed by atoms with van der Waals surface area (Å²) in [4.78, 5) is 32.3. The van der Waals surface area contributed by atoms with E-state index in [1.807, 2.05) is 27.7 Å². The highest BCUT2D eigenvalue weighted by Gasteiger charge is 2.59. The van der Waals surface area contributed by atoms with Crippen molar-refractivity contribution >= 4 is 12.1 Å². The molecule has 2 aliphatic rings. The number of carbonyl (C=O) groups is 2. The third-order valence-corrected chi connectivity index (χ3v) is 4.93. The van der Waals surface area contributed by atoms with E-state index in [0.717, 1.165) is 0 Å². The first-order valence-corrected chi connectivity index (χ1v) is 11.4. The van der Waals surface area contributed by atoms with Crippen molar-refractivity contribution in [3.63, 3.8) is 0 Å². The summed E-state index contributed by atoms with van der Waals surface area (Å²) in [7, 11) is 0. The molecule has 0 bridgehead atoms. The molecule has 0 spiro atoms. The maximum absolute atomic E-state index is 13.3. The minimum absolute atomic E-state index is 0.00841. The van der Waals surface area contributed by atoms with Gasteiger partial charge in [0.25, 0.3) is 0 Å². The Kier molecular flexibility index (Phi) is 13.4. The Hall–Kier alpha value is -1.78. The maximum atomic E-state index is 13.3. The second-order valence-corrected chi connectivity index (χ2v) is 7.05. The van der Waals surface area contributed by atoms with Crippen LogP contribution in [0.25, 0.3) is 0 Å². The molecule has 2 saturated heterocycles. The monoisotopic (exact) mass is 494 g/mol. The zero-order chi connectivity index (χ0) is 24.8. The molecule has 2 rings (SSSR count). The Morgan fingerprint density at radius 2 is 0.706 bits per heavy atom. The maximum Gasteiger partial charge on any atom is 0.327 e. The molecule has 2 heterocycles. The fourth-order valence-corrected chi connectivity index (χ4v) is 3.40. The fraction of sp³-hybridized carbons (Fsp3) is 0.900. The van der Waals surface area contributed by atoms with Crippen molar-refractivity contribution in [3.05, 3.63) is 0 Å². The van der Waals surface area contributed by atoms with Crippen LogP contribution in [0.2, 0.25) is 0 Å². The molecule has 0 atom stereocenters. The molecule has 2 aliphatic heterocycles. The molecule has 14 heteroatoms. The van der Waals surface area contributed by atoms with Crippen molar-refractivity contribution in [2.24, 2.45) is 0 Å². The summed E-state index contributed by atoms with van der Waals surface area (Å²) >= 11 is 0. The van der Waals surface area contributed by atoms with E-state index in [4.69, 9.17) is 37.9 Å². The number of hydrogen-bond donors (Lipinski definition) is 0. The van der Waals surface area contributed by atoms with Crippen LogP contribution in [0, 0.1) is 0 Å².